The van der Waals surface area contributed by atoms with E-state index in [1.54, 1.807) is 36.4 Å². The van der Waals surface area contributed by atoms with Gasteiger partial charge in [0.05, 0.1) is 24.8 Å². The fraction of sp³-hybridized carbons (Fsp3) is 0.188. The number of hydrogen-bond acceptors (Lipinski definition) is 4. The Morgan fingerprint density at radius 3 is 2.45 bits per heavy atom. The van der Waals surface area contributed by atoms with Crippen LogP contribution in [0.1, 0.15) is 12.5 Å². The molecule has 2 aromatic rings. The molecule has 0 aliphatic heterocycles. The molecule has 0 aliphatic rings. The Morgan fingerprint density at radius 2 is 1.82 bits per heavy atom. The maximum atomic E-state index is 12.1. The van der Waals surface area contributed by atoms with Gasteiger partial charge in [0.15, 0.2) is 11.5 Å². The van der Waals surface area contributed by atoms with Crippen molar-refractivity contribution in [2.45, 2.75) is 11.8 Å². The van der Waals surface area contributed by atoms with E-state index in [4.69, 9.17) is 9.47 Å². The van der Waals surface area contributed by atoms with Gasteiger partial charge in [0.1, 0.15) is 0 Å². The molecular formula is C16H17NO4S. The molecule has 116 valence electrons. The zero-order chi connectivity index (χ0) is 16.0. The van der Waals surface area contributed by atoms with Gasteiger partial charge in [0.2, 0.25) is 0 Å². The van der Waals surface area contributed by atoms with Crippen molar-refractivity contribution in [3.05, 3.63) is 54.1 Å². The highest BCUT2D eigenvalue weighted by Crippen LogP contribution is 2.30. The normalized spacial score (nSPS) is 11.5. The lowest BCUT2D eigenvalue weighted by atomic mass is 10.2. The van der Waals surface area contributed by atoms with Gasteiger partial charge in [0, 0.05) is 5.56 Å². The lowest BCUT2D eigenvalue weighted by Crippen LogP contribution is -2.00. The van der Waals surface area contributed by atoms with Crippen molar-refractivity contribution in [1.29, 1.82) is 0 Å². The molecule has 0 unspecified atom stereocenters. The summed E-state index contributed by atoms with van der Waals surface area (Å²) in [4.78, 5) is 0.145. The second-order valence-electron chi connectivity index (χ2n) is 4.33. The monoisotopic (exact) mass is 319 g/mol. The first kappa shape index (κ1) is 16.0. The topological polar surface area (TPSA) is 65.0 Å². The van der Waals surface area contributed by atoms with Crippen molar-refractivity contribution in [3.8, 4) is 11.5 Å². The summed E-state index contributed by atoms with van der Waals surface area (Å²) in [5.74, 6) is 1.00. The molecule has 0 aliphatic carbocycles. The number of rotatable bonds is 6. The van der Waals surface area contributed by atoms with Crippen LogP contribution in [0, 0.1) is 0 Å². The quantitative estimate of drug-likeness (QED) is 0.768. The molecule has 2 rings (SSSR count). The first-order chi connectivity index (χ1) is 10.6. The summed E-state index contributed by atoms with van der Waals surface area (Å²) in [6.07, 6.45) is 1.27. The third-order valence-corrected chi connectivity index (χ3v) is 4.14. The summed E-state index contributed by atoms with van der Waals surface area (Å²) in [5.41, 5.74) is 0.535. The second-order valence-corrected chi connectivity index (χ2v) is 5.97. The Morgan fingerprint density at radius 1 is 1.09 bits per heavy atom. The molecule has 0 N–H and O–H groups in total. The van der Waals surface area contributed by atoms with Crippen molar-refractivity contribution in [2.75, 3.05) is 13.7 Å². The standard InChI is InChI=1S/C16H17NO4S/c1-3-21-15-11-7-8-13(16(15)20-2)12-17-22(18,19)14-9-5-4-6-10-14/h4-12H,3H2,1-2H3/b17-12-. The van der Waals surface area contributed by atoms with E-state index >= 15 is 0 Å². The molecule has 22 heavy (non-hydrogen) atoms. The van der Waals surface area contributed by atoms with Gasteiger partial charge in [-0.2, -0.15) is 12.8 Å². The lowest BCUT2D eigenvalue weighted by Gasteiger charge is -2.11. The summed E-state index contributed by atoms with van der Waals surface area (Å²) < 4.78 is 38.7. The number of sulfonamides is 1. The molecule has 0 aromatic heterocycles. The van der Waals surface area contributed by atoms with E-state index in [1.807, 2.05) is 6.92 Å². The van der Waals surface area contributed by atoms with Gasteiger partial charge in [-0.25, -0.2) is 0 Å². The summed E-state index contributed by atoms with van der Waals surface area (Å²) >= 11 is 0. The Labute approximate surface area is 130 Å². The van der Waals surface area contributed by atoms with Gasteiger partial charge in [-0.15, -0.1) is 0 Å². The Bertz CT molecular complexity index is 755. The second kappa shape index (κ2) is 7.09. The summed E-state index contributed by atoms with van der Waals surface area (Å²) in [6.45, 7) is 2.35. The molecule has 0 spiro atoms. The van der Waals surface area contributed by atoms with Crippen molar-refractivity contribution < 1.29 is 17.9 Å². The number of methoxy groups -OCH3 is 1. The molecule has 2 aromatic carbocycles. The number of benzene rings is 2. The van der Waals surface area contributed by atoms with E-state index in [0.29, 0.717) is 23.7 Å². The van der Waals surface area contributed by atoms with Gasteiger partial charge in [0.25, 0.3) is 10.0 Å². The van der Waals surface area contributed by atoms with E-state index in [0.717, 1.165) is 0 Å². The van der Waals surface area contributed by atoms with Crippen molar-refractivity contribution in [3.63, 3.8) is 0 Å². The first-order valence-electron chi connectivity index (χ1n) is 6.73. The molecule has 0 amide bonds. The van der Waals surface area contributed by atoms with E-state index < -0.39 is 10.0 Å². The van der Waals surface area contributed by atoms with Crippen LogP contribution in [-0.2, 0) is 10.0 Å². The molecule has 0 saturated heterocycles. The summed E-state index contributed by atoms with van der Waals surface area (Å²) in [6, 6.07) is 13.3. The first-order valence-corrected chi connectivity index (χ1v) is 8.17. The van der Waals surface area contributed by atoms with E-state index in [9.17, 15) is 8.42 Å². The third kappa shape index (κ3) is 3.65. The number of para-hydroxylation sites is 1. The number of nitrogens with zero attached hydrogens (tertiary/aromatic N) is 1. The van der Waals surface area contributed by atoms with Crippen LogP contribution >= 0.6 is 0 Å². The maximum Gasteiger partial charge on any atom is 0.282 e. The average molecular weight is 319 g/mol. The highest BCUT2D eigenvalue weighted by molar-refractivity contribution is 7.90. The molecule has 6 heteroatoms. The average Bonchev–Trinajstić information content (AvgIpc) is 2.54. The smallest absolute Gasteiger partial charge is 0.282 e. The molecule has 0 radical (unpaired) electrons. The molecule has 0 saturated carbocycles. The van der Waals surface area contributed by atoms with Crippen molar-refractivity contribution in [1.82, 2.24) is 0 Å². The summed E-state index contributed by atoms with van der Waals surface area (Å²) in [5, 5.41) is 0. The predicted molar refractivity (Wildman–Crippen MR) is 85.4 cm³/mol. The minimum Gasteiger partial charge on any atom is -0.492 e. The molecule has 0 atom stereocenters. The SMILES string of the molecule is CCOc1cccc(/C=N\S(=O)(=O)c2ccccc2)c1OC. The van der Waals surface area contributed by atoms with Crippen LogP contribution in [0.3, 0.4) is 0 Å². The number of ether oxygens (including phenoxy) is 2. The summed E-state index contributed by atoms with van der Waals surface area (Å²) in [7, 11) is -2.23. The Balaban J connectivity index is 2.36. The fourth-order valence-corrected chi connectivity index (χ4v) is 2.78. The van der Waals surface area contributed by atoms with Crippen LogP contribution in [0.15, 0.2) is 57.8 Å². The minimum absolute atomic E-state index is 0.145. The van der Waals surface area contributed by atoms with E-state index in [-0.39, 0.29) is 4.90 Å². The van der Waals surface area contributed by atoms with E-state index in [2.05, 4.69) is 4.40 Å². The Hall–Kier alpha value is -2.34. The van der Waals surface area contributed by atoms with Crippen LogP contribution in [0.4, 0.5) is 0 Å². The molecule has 0 fully saturated rings. The van der Waals surface area contributed by atoms with Crippen molar-refractivity contribution in [2.24, 2.45) is 4.40 Å². The van der Waals surface area contributed by atoms with Gasteiger partial charge < -0.3 is 9.47 Å². The maximum absolute atomic E-state index is 12.1. The largest absolute Gasteiger partial charge is 0.492 e. The van der Waals surface area contributed by atoms with Crippen LogP contribution in [-0.4, -0.2) is 28.3 Å². The third-order valence-electron chi connectivity index (χ3n) is 2.88. The molecule has 5 nitrogen and oxygen atoms in total. The zero-order valence-electron chi connectivity index (χ0n) is 12.4. The van der Waals surface area contributed by atoms with Gasteiger partial charge in [-0.1, -0.05) is 24.3 Å². The predicted octanol–water partition coefficient (Wildman–Crippen LogP) is 2.90. The van der Waals surface area contributed by atoms with Gasteiger partial charge in [-0.05, 0) is 31.2 Å². The Kier molecular flexibility index (Phi) is 5.16. The lowest BCUT2D eigenvalue weighted by molar-refractivity contribution is 0.311. The van der Waals surface area contributed by atoms with Crippen molar-refractivity contribution >= 4 is 16.2 Å². The van der Waals surface area contributed by atoms with Crippen LogP contribution in [0.2, 0.25) is 0 Å². The van der Waals surface area contributed by atoms with Crippen LogP contribution < -0.4 is 9.47 Å². The fourth-order valence-electron chi connectivity index (χ4n) is 1.90. The highest BCUT2D eigenvalue weighted by atomic mass is 32.2. The van der Waals surface area contributed by atoms with E-state index in [1.165, 1.54) is 25.5 Å². The minimum atomic E-state index is -3.74. The molecule has 0 heterocycles. The zero-order valence-corrected chi connectivity index (χ0v) is 13.2. The number of hydrogen-bond donors (Lipinski definition) is 0. The van der Waals surface area contributed by atoms with Gasteiger partial charge in [-0.3, -0.25) is 0 Å². The van der Waals surface area contributed by atoms with Crippen LogP contribution in [0.5, 0.6) is 11.5 Å². The molecular weight excluding hydrogens is 302 g/mol. The highest BCUT2D eigenvalue weighted by Gasteiger charge is 2.12. The van der Waals surface area contributed by atoms with Crippen LogP contribution in [0.25, 0.3) is 0 Å². The molecule has 0 bridgehead atoms. The van der Waals surface area contributed by atoms with Gasteiger partial charge >= 0.3 is 0 Å².